The van der Waals surface area contributed by atoms with Crippen LogP contribution in [0.4, 0.5) is 0 Å². The lowest BCUT2D eigenvalue weighted by Crippen LogP contribution is -2.08. The van der Waals surface area contributed by atoms with Gasteiger partial charge in [0.1, 0.15) is 29.4 Å². The summed E-state index contributed by atoms with van der Waals surface area (Å²) in [4.78, 5) is 13.2. The minimum Gasteiger partial charge on any atom is -0.496 e. The molecule has 0 N–H and O–H groups in total. The highest BCUT2D eigenvalue weighted by Gasteiger charge is 2.17. The second-order valence-corrected chi connectivity index (χ2v) is 7.07. The zero-order valence-electron chi connectivity index (χ0n) is 16.1. The Labute approximate surface area is 173 Å². The fourth-order valence-corrected chi connectivity index (χ4v) is 3.41. The summed E-state index contributed by atoms with van der Waals surface area (Å²) >= 11 is 5.91. The van der Waals surface area contributed by atoms with E-state index in [0.717, 1.165) is 5.56 Å². The third kappa shape index (κ3) is 3.84. The van der Waals surface area contributed by atoms with E-state index in [2.05, 4.69) is 0 Å². The molecule has 0 unspecified atom stereocenters. The van der Waals surface area contributed by atoms with Gasteiger partial charge in [-0.2, -0.15) is 0 Å². The zero-order valence-corrected chi connectivity index (χ0v) is 16.8. The van der Waals surface area contributed by atoms with Crippen molar-refractivity contribution in [3.63, 3.8) is 0 Å². The highest BCUT2D eigenvalue weighted by Crippen LogP contribution is 2.32. The molecule has 0 spiro atoms. The van der Waals surface area contributed by atoms with E-state index in [1.165, 1.54) is 0 Å². The first-order chi connectivity index (χ1) is 14.1. The van der Waals surface area contributed by atoms with Gasteiger partial charge in [-0.1, -0.05) is 41.9 Å². The Morgan fingerprint density at radius 3 is 2.52 bits per heavy atom. The summed E-state index contributed by atoms with van der Waals surface area (Å²) in [6.07, 6.45) is 0. The monoisotopic (exact) mass is 406 g/mol. The molecule has 0 fully saturated rings. The molecule has 4 rings (SSSR count). The van der Waals surface area contributed by atoms with Crippen LogP contribution in [0.25, 0.3) is 22.1 Å². The highest BCUT2D eigenvalue weighted by atomic mass is 35.5. The van der Waals surface area contributed by atoms with Gasteiger partial charge in [0.15, 0.2) is 0 Å². The van der Waals surface area contributed by atoms with Crippen LogP contribution in [0.3, 0.4) is 0 Å². The van der Waals surface area contributed by atoms with Crippen molar-refractivity contribution in [1.29, 1.82) is 0 Å². The molecular formula is C24H19ClO4. The molecule has 0 saturated carbocycles. The molecule has 0 aliphatic heterocycles. The lowest BCUT2D eigenvalue weighted by molar-refractivity contribution is 0.306. The van der Waals surface area contributed by atoms with Gasteiger partial charge >= 0.3 is 0 Å². The fourth-order valence-electron chi connectivity index (χ4n) is 3.29. The second-order valence-electron chi connectivity index (χ2n) is 6.64. The van der Waals surface area contributed by atoms with Crippen molar-refractivity contribution in [2.75, 3.05) is 7.11 Å². The summed E-state index contributed by atoms with van der Waals surface area (Å²) in [6, 6.07) is 20.1. The van der Waals surface area contributed by atoms with Crippen molar-refractivity contribution in [2.24, 2.45) is 0 Å². The Balaban J connectivity index is 1.70. The lowest BCUT2D eigenvalue weighted by Gasteiger charge is -2.12. The molecule has 0 aliphatic rings. The lowest BCUT2D eigenvalue weighted by atomic mass is 10.0. The van der Waals surface area contributed by atoms with Gasteiger partial charge in [0.25, 0.3) is 0 Å². The van der Waals surface area contributed by atoms with E-state index in [0.29, 0.717) is 51.0 Å². The number of para-hydroxylation sites is 1. The second kappa shape index (κ2) is 8.02. The van der Waals surface area contributed by atoms with E-state index in [1.807, 2.05) is 48.5 Å². The van der Waals surface area contributed by atoms with Crippen LogP contribution in [0.15, 0.2) is 75.9 Å². The zero-order chi connectivity index (χ0) is 20.4. The quantitative estimate of drug-likeness (QED) is 0.407. The van der Waals surface area contributed by atoms with E-state index in [-0.39, 0.29) is 5.43 Å². The fraction of sp³-hybridized carbons (Fsp3) is 0.125. The summed E-state index contributed by atoms with van der Waals surface area (Å²) in [5, 5.41) is 1.18. The Hall–Kier alpha value is -3.24. The van der Waals surface area contributed by atoms with Crippen molar-refractivity contribution < 1.29 is 13.9 Å². The van der Waals surface area contributed by atoms with Gasteiger partial charge in [0.05, 0.1) is 18.1 Å². The molecule has 1 aromatic heterocycles. The maximum Gasteiger partial charge on any atom is 0.200 e. The number of aryl methyl sites for hydroxylation is 1. The van der Waals surface area contributed by atoms with Crippen molar-refractivity contribution in [3.8, 4) is 22.6 Å². The Kier molecular flexibility index (Phi) is 5.28. The van der Waals surface area contributed by atoms with Crippen LogP contribution in [0, 0.1) is 6.92 Å². The van der Waals surface area contributed by atoms with Crippen LogP contribution in [-0.4, -0.2) is 7.11 Å². The average Bonchev–Trinajstić information content (AvgIpc) is 2.73. The van der Waals surface area contributed by atoms with Gasteiger partial charge in [-0.05, 0) is 42.8 Å². The van der Waals surface area contributed by atoms with Crippen molar-refractivity contribution in [3.05, 3.63) is 93.3 Å². The molecule has 3 aromatic carbocycles. The van der Waals surface area contributed by atoms with E-state index >= 15 is 0 Å². The molecule has 0 saturated heterocycles. The molecule has 29 heavy (non-hydrogen) atoms. The molecule has 0 radical (unpaired) electrons. The van der Waals surface area contributed by atoms with Crippen molar-refractivity contribution >= 4 is 22.6 Å². The molecule has 0 aliphatic carbocycles. The number of methoxy groups -OCH3 is 1. The summed E-state index contributed by atoms with van der Waals surface area (Å²) in [7, 11) is 1.58. The number of hydrogen-bond acceptors (Lipinski definition) is 4. The molecule has 0 amide bonds. The Morgan fingerprint density at radius 2 is 1.76 bits per heavy atom. The summed E-state index contributed by atoms with van der Waals surface area (Å²) < 4.78 is 17.2. The van der Waals surface area contributed by atoms with Gasteiger partial charge < -0.3 is 13.9 Å². The first kappa shape index (κ1) is 19.1. The predicted octanol–water partition coefficient (Wildman–Crippen LogP) is 6.01. The standard InChI is InChI=1S/C24H19ClO4/c1-15-23(19-5-3-4-6-21(19)27-2)24(26)20-12-11-18(13-22(20)29-15)28-14-16-7-9-17(25)10-8-16/h3-13H,14H2,1-2H3. The SMILES string of the molecule is COc1ccccc1-c1c(C)oc2cc(OCc3ccc(Cl)cc3)ccc2c1=O. The smallest absolute Gasteiger partial charge is 0.200 e. The van der Waals surface area contributed by atoms with Crippen LogP contribution in [0.1, 0.15) is 11.3 Å². The first-order valence-corrected chi connectivity index (χ1v) is 9.52. The molecule has 4 nitrogen and oxygen atoms in total. The van der Waals surface area contributed by atoms with Crippen LogP contribution in [0.5, 0.6) is 11.5 Å². The van der Waals surface area contributed by atoms with E-state index in [9.17, 15) is 4.79 Å². The van der Waals surface area contributed by atoms with Crippen LogP contribution < -0.4 is 14.9 Å². The topological polar surface area (TPSA) is 48.7 Å². The molecule has 146 valence electrons. The van der Waals surface area contributed by atoms with Crippen LogP contribution >= 0.6 is 11.6 Å². The average molecular weight is 407 g/mol. The first-order valence-electron chi connectivity index (χ1n) is 9.15. The normalized spacial score (nSPS) is 10.9. The molecule has 0 bridgehead atoms. The van der Waals surface area contributed by atoms with E-state index in [1.54, 1.807) is 32.2 Å². The number of ether oxygens (including phenoxy) is 2. The van der Waals surface area contributed by atoms with Crippen molar-refractivity contribution in [2.45, 2.75) is 13.5 Å². The number of rotatable bonds is 5. The van der Waals surface area contributed by atoms with Gasteiger partial charge in [0.2, 0.25) is 5.43 Å². The van der Waals surface area contributed by atoms with Crippen LogP contribution in [0.2, 0.25) is 5.02 Å². The number of fused-ring (bicyclic) bond motifs is 1. The maximum atomic E-state index is 13.2. The number of halogens is 1. The van der Waals surface area contributed by atoms with E-state index < -0.39 is 0 Å². The van der Waals surface area contributed by atoms with Gasteiger partial charge in [0, 0.05) is 16.7 Å². The third-order valence-electron chi connectivity index (χ3n) is 4.73. The highest BCUT2D eigenvalue weighted by molar-refractivity contribution is 6.30. The molecule has 0 atom stereocenters. The maximum absolute atomic E-state index is 13.2. The van der Waals surface area contributed by atoms with Gasteiger partial charge in [-0.3, -0.25) is 4.79 Å². The third-order valence-corrected chi connectivity index (χ3v) is 4.99. The predicted molar refractivity (Wildman–Crippen MR) is 115 cm³/mol. The summed E-state index contributed by atoms with van der Waals surface area (Å²) in [5.74, 6) is 1.78. The van der Waals surface area contributed by atoms with Gasteiger partial charge in [-0.25, -0.2) is 0 Å². The van der Waals surface area contributed by atoms with E-state index in [4.69, 9.17) is 25.5 Å². The minimum absolute atomic E-state index is 0.0995. The largest absolute Gasteiger partial charge is 0.496 e. The Morgan fingerprint density at radius 1 is 1.00 bits per heavy atom. The molecule has 4 aromatic rings. The summed E-state index contributed by atoms with van der Waals surface area (Å²) in [6.45, 7) is 2.18. The minimum atomic E-state index is -0.0995. The number of benzene rings is 3. The molecule has 5 heteroatoms. The molecular weight excluding hydrogens is 388 g/mol. The molecule has 1 heterocycles. The Bertz CT molecular complexity index is 1230. The number of hydrogen-bond donors (Lipinski definition) is 0. The van der Waals surface area contributed by atoms with Crippen LogP contribution in [-0.2, 0) is 6.61 Å². The summed E-state index contributed by atoms with van der Waals surface area (Å²) in [5.41, 5.74) is 2.60. The van der Waals surface area contributed by atoms with Gasteiger partial charge in [-0.15, -0.1) is 0 Å². The van der Waals surface area contributed by atoms with Crippen molar-refractivity contribution in [1.82, 2.24) is 0 Å².